The minimum Gasteiger partial charge on any atom is -0.381 e. The molecule has 0 spiro atoms. The van der Waals surface area contributed by atoms with E-state index >= 15 is 0 Å². The molecule has 0 saturated carbocycles. The number of nitrogens with zero attached hydrogens (tertiary/aromatic N) is 4. The van der Waals surface area contributed by atoms with Crippen LogP contribution in [-0.4, -0.2) is 14.5 Å². The summed E-state index contributed by atoms with van der Waals surface area (Å²) in [6.45, 7) is 1.30. The minimum absolute atomic E-state index is 0.227. The van der Waals surface area contributed by atoms with Crippen LogP contribution in [0, 0.1) is 61.7 Å². The molecular formula is C50H40BrF10IN6. The van der Waals surface area contributed by atoms with Crippen LogP contribution in [0.25, 0.3) is 0 Å². The van der Waals surface area contributed by atoms with Crippen molar-refractivity contribution in [1.29, 1.82) is 0 Å². The zero-order valence-electron chi connectivity index (χ0n) is 35.5. The standard InChI is InChI=1S/C19H14F4N2.C12H10F2N2.C7H5BrF2.C7H7F2N.C5H4IN/c20-16-3-1-13(9-18(16)22)11-24-15-5-7-25(8-6-15)12-14-2-4-17(21)19(23)10-14;13-11-2-1-9(7-12(11)14)8-16-10-3-5-15-6-4-10;8-4-5-1-2-6(9)7(10)3-5;8-6-2-1-5(4-10)3-7(6)9;6-5-1-3-7-4-2-5/h1-10H,11-12H2;1-7H,8H2,(H,15,16);1-3H,4H2;1-3H,4,10H2;1-4H. The Balaban J connectivity index is 0.000000201. The van der Waals surface area contributed by atoms with Crippen LogP contribution in [0.2, 0.25) is 0 Å². The fourth-order valence-electron chi connectivity index (χ4n) is 5.28. The number of alkyl halides is 1. The van der Waals surface area contributed by atoms with Crippen LogP contribution < -0.4 is 16.4 Å². The Morgan fingerprint density at radius 3 is 1.34 bits per heavy atom. The van der Waals surface area contributed by atoms with Gasteiger partial charge in [0.1, 0.15) is 0 Å². The summed E-state index contributed by atoms with van der Waals surface area (Å²) < 4.78 is 130. The average molecular weight is 1120 g/mol. The van der Waals surface area contributed by atoms with Gasteiger partial charge in [-0.2, -0.15) is 0 Å². The van der Waals surface area contributed by atoms with Gasteiger partial charge in [0.25, 0.3) is 0 Å². The number of pyridine rings is 3. The van der Waals surface area contributed by atoms with Crippen molar-refractivity contribution in [3.05, 3.63) is 259 Å². The van der Waals surface area contributed by atoms with Gasteiger partial charge in [-0.05, 0) is 147 Å². The van der Waals surface area contributed by atoms with E-state index in [2.05, 4.69) is 58.8 Å². The van der Waals surface area contributed by atoms with Crippen LogP contribution >= 0.6 is 38.5 Å². The Morgan fingerprint density at radius 1 is 0.485 bits per heavy atom. The molecule has 8 rings (SSSR count). The van der Waals surface area contributed by atoms with Gasteiger partial charge in [-0.3, -0.25) is 15.0 Å². The van der Waals surface area contributed by atoms with Crippen molar-refractivity contribution in [3.8, 4) is 0 Å². The van der Waals surface area contributed by atoms with Gasteiger partial charge < -0.3 is 15.6 Å². The highest BCUT2D eigenvalue weighted by atomic mass is 127. The molecule has 0 saturated heterocycles. The van der Waals surface area contributed by atoms with Gasteiger partial charge in [0.2, 0.25) is 0 Å². The number of nitrogens with one attached hydrogen (secondary N) is 1. The van der Waals surface area contributed by atoms with Gasteiger partial charge in [0, 0.05) is 71.4 Å². The lowest BCUT2D eigenvalue weighted by Gasteiger charge is -2.06. The van der Waals surface area contributed by atoms with E-state index in [1.165, 1.54) is 40.0 Å². The Labute approximate surface area is 407 Å². The van der Waals surface area contributed by atoms with Gasteiger partial charge in [-0.1, -0.05) is 46.3 Å². The summed E-state index contributed by atoms with van der Waals surface area (Å²) >= 11 is 5.37. The first-order valence-corrected chi connectivity index (χ1v) is 22.2. The molecule has 3 heterocycles. The normalized spacial score (nSPS) is 10.1. The quantitative estimate of drug-likeness (QED) is 0.0857. The average Bonchev–Trinajstić information content (AvgIpc) is 3.34. The Morgan fingerprint density at radius 2 is 0.882 bits per heavy atom. The zero-order valence-corrected chi connectivity index (χ0v) is 39.3. The number of rotatable bonds is 9. The van der Waals surface area contributed by atoms with Crippen molar-refractivity contribution in [1.82, 2.24) is 14.5 Å². The molecule has 0 aliphatic carbocycles. The second kappa shape index (κ2) is 28.7. The van der Waals surface area contributed by atoms with Crippen molar-refractivity contribution in [2.24, 2.45) is 10.7 Å². The molecule has 6 nitrogen and oxygen atoms in total. The maximum absolute atomic E-state index is 13.2. The molecule has 0 aliphatic rings. The summed E-state index contributed by atoms with van der Waals surface area (Å²) in [5, 5.41) is 4.30. The Kier molecular flexibility index (Phi) is 22.9. The highest BCUT2D eigenvalue weighted by Gasteiger charge is 2.05. The van der Waals surface area contributed by atoms with E-state index in [4.69, 9.17) is 5.73 Å². The number of aromatic nitrogens is 3. The van der Waals surface area contributed by atoms with Crippen LogP contribution in [0.3, 0.4) is 0 Å². The lowest BCUT2D eigenvalue weighted by molar-refractivity contribution is 0.506. The summed E-state index contributed by atoms with van der Waals surface area (Å²) in [6, 6.07) is 29.8. The smallest absolute Gasteiger partial charge is 0.159 e. The molecule has 0 unspecified atom stereocenters. The van der Waals surface area contributed by atoms with E-state index in [-0.39, 0.29) is 13.1 Å². The summed E-state index contributed by atoms with van der Waals surface area (Å²) in [7, 11) is 0. The topological polar surface area (TPSA) is 81.1 Å². The molecule has 18 heteroatoms. The Bertz CT molecular complexity index is 2810. The number of benzene rings is 5. The monoisotopic (exact) mass is 1120 g/mol. The van der Waals surface area contributed by atoms with Crippen molar-refractivity contribution < 1.29 is 43.9 Å². The third-order valence-corrected chi connectivity index (χ3v) is 10.2. The number of nitrogens with two attached hydrogens (primary N) is 1. The van der Waals surface area contributed by atoms with Crippen LogP contribution in [-0.2, 0) is 31.5 Å². The van der Waals surface area contributed by atoms with Crippen molar-refractivity contribution in [2.45, 2.75) is 31.5 Å². The maximum Gasteiger partial charge on any atom is 0.159 e. The summed E-state index contributed by atoms with van der Waals surface area (Å²) in [5.74, 6) is -8.47. The Hall–Kier alpha value is -6.38. The molecule has 8 aromatic rings. The second-order valence-corrected chi connectivity index (χ2v) is 15.7. The van der Waals surface area contributed by atoms with E-state index in [0.717, 1.165) is 59.8 Å². The molecule has 5 aromatic carbocycles. The molecule has 354 valence electrons. The van der Waals surface area contributed by atoms with Crippen molar-refractivity contribution in [2.75, 3.05) is 5.32 Å². The number of halogens is 12. The molecular weight excluding hydrogens is 1080 g/mol. The first-order valence-electron chi connectivity index (χ1n) is 20.0. The lowest BCUT2D eigenvalue weighted by Crippen LogP contribution is -2.07. The van der Waals surface area contributed by atoms with E-state index in [9.17, 15) is 43.9 Å². The SMILES string of the molecule is Fc1ccc(CBr)cc1F.Fc1ccc(CN=c2ccn(Cc3ccc(F)c(F)c3)cc2)cc1F.Fc1ccc(CNc2ccncc2)cc1F.Ic1ccncc1.NCc1ccc(F)c(F)c1. The highest BCUT2D eigenvalue weighted by Crippen LogP contribution is 2.14. The molecule has 0 amide bonds. The third-order valence-electron chi connectivity index (χ3n) is 8.81. The number of hydrogen-bond donors (Lipinski definition) is 2. The third kappa shape index (κ3) is 19.5. The molecule has 0 fully saturated rings. The maximum atomic E-state index is 13.2. The van der Waals surface area contributed by atoms with Crippen LogP contribution in [0.1, 0.15) is 27.8 Å². The van der Waals surface area contributed by atoms with Gasteiger partial charge >= 0.3 is 0 Å². The van der Waals surface area contributed by atoms with Gasteiger partial charge in [-0.25, -0.2) is 43.9 Å². The van der Waals surface area contributed by atoms with Crippen molar-refractivity contribution in [3.63, 3.8) is 0 Å². The number of hydrogen-bond acceptors (Lipinski definition) is 5. The minimum atomic E-state index is -0.898. The molecule has 0 atom stereocenters. The molecule has 0 radical (unpaired) electrons. The predicted octanol–water partition coefficient (Wildman–Crippen LogP) is 13.1. The fourth-order valence-corrected chi connectivity index (χ4v) is 5.95. The number of anilines is 1. The zero-order chi connectivity index (χ0) is 49.4. The van der Waals surface area contributed by atoms with Crippen LogP contribution in [0.15, 0.2) is 170 Å². The fraction of sp³-hybridized carbons (Fsp3) is 0.100. The largest absolute Gasteiger partial charge is 0.381 e. The van der Waals surface area contributed by atoms with Gasteiger partial charge in [0.15, 0.2) is 58.2 Å². The van der Waals surface area contributed by atoms with Crippen molar-refractivity contribution >= 4 is 44.2 Å². The lowest BCUT2D eigenvalue weighted by atomic mass is 10.2. The summed E-state index contributed by atoms with van der Waals surface area (Å²) in [6.07, 6.45) is 10.4. The van der Waals surface area contributed by atoms with Gasteiger partial charge in [-0.15, -0.1) is 0 Å². The molecule has 3 N–H and O–H groups in total. The predicted molar refractivity (Wildman–Crippen MR) is 254 cm³/mol. The molecule has 0 aliphatic heterocycles. The second-order valence-electron chi connectivity index (χ2n) is 13.9. The highest BCUT2D eigenvalue weighted by molar-refractivity contribution is 14.1. The van der Waals surface area contributed by atoms with E-state index < -0.39 is 58.2 Å². The van der Waals surface area contributed by atoms with Crippen LogP contribution in [0.5, 0.6) is 0 Å². The molecule has 3 aromatic heterocycles. The van der Waals surface area contributed by atoms with Gasteiger partial charge in [0.05, 0.1) is 11.9 Å². The van der Waals surface area contributed by atoms with E-state index in [1.807, 2.05) is 12.1 Å². The molecule has 68 heavy (non-hydrogen) atoms. The summed E-state index contributed by atoms with van der Waals surface area (Å²) in [5.41, 5.74) is 9.29. The first kappa shape index (κ1) is 54.2. The molecule has 0 bridgehead atoms. The summed E-state index contributed by atoms with van der Waals surface area (Å²) in [4.78, 5) is 12.0. The first-order chi connectivity index (χ1) is 32.6. The van der Waals surface area contributed by atoms with E-state index in [1.54, 1.807) is 72.1 Å². The van der Waals surface area contributed by atoms with Crippen LogP contribution in [0.4, 0.5) is 49.6 Å². The van der Waals surface area contributed by atoms with E-state index in [0.29, 0.717) is 46.0 Å².